The van der Waals surface area contributed by atoms with Crippen LogP contribution >= 0.6 is 43.2 Å². The number of thiophene rings is 1. The summed E-state index contributed by atoms with van der Waals surface area (Å²) in [6.07, 6.45) is 0. The summed E-state index contributed by atoms with van der Waals surface area (Å²) in [5.41, 5.74) is 1.00. The molecule has 0 spiro atoms. The minimum absolute atomic E-state index is 0.352. The molecule has 2 nitrogen and oxygen atoms in total. The van der Waals surface area contributed by atoms with Gasteiger partial charge in [0.25, 0.3) is 0 Å². The summed E-state index contributed by atoms with van der Waals surface area (Å²) in [5, 5.41) is 8.85. The molecule has 0 radical (unpaired) electrons. The van der Waals surface area contributed by atoms with E-state index in [-0.39, 0.29) is 0 Å². The maximum atomic E-state index is 10.8. The number of carbonyl (C=O) groups is 1. The predicted molar refractivity (Wildman–Crippen MR) is 72.1 cm³/mol. The summed E-state index contributed by atoms with van der Waals surface area (Å²) < 4.78 is 1.93. The molecule has 0 aliphatic carbocycles. The Bertz CT molecular complexity index is 549. The fourth-order valence-corrected chi connectivity index (χ4v) is 3.56. The van der Waals surface area contributed by atoms with E-state index >= 15 is 0 Å². The van der Waals surface area contributed by atoms with Gasteiger partial charge in [0.1, 0.15) is 4.88 Å². The van der Waals surface area contributed by atoms with Crippen LogP contribution in [0, 0.1) is 0 Å². The molecule has 0 bridgehead atoms. The van der Waals surface area contributed by atoms with Crippen molar-refractivity contribution in [2.45, 2.75) is 0 Å². The van der Waals surface area contributed by atoms with Crippen molar-refractivity contribution in [3.63, 3.8) is 0 Å². The number of carboxylic acids is 1. The van der Waals surface area contributed by atoms with Gasteiger partial charge in [-0.15, -0.1) is 11.3 Å². The Hall–Kier alpha value is -0.650. The van der Waals surface area contributed by atoms with Crippen LogP contribution in [0.15, 0.2) is 39.3 Å². The van der Waals surface area contributed by atoms with E-state index in [1.54, 1.807) is 6.07 Å². The lowest BCUT2D eigenvalue weighted by Crippen LogP contribution is -1.89. The molecule has 0 unspecified atom stereocenters. The third-order valence-corrected chi connectivity index (χ3v) is 4.27. The van der Waals surface area contributed by atoms with E-state index in [4.69, 9.17) is 5.11 Å². The smallest absolute Gasteiger partial charge is 0.345 e. The second-order valence-electron chi connectivity index (χ2n) is 3.09. The van der Waals surface area contributed by atoms with Crippen molar-refractivity contribution in [3.05, 3.63) is 44.2 Å². The molecule has 0 aliphatic rings. The Labute approximate surface area is 113 Å². The monoisotopic (exact) mass is 360 g/mol. The Morgan fingerprint density at radius 3 is 2.50 bits per heavy atom. The molecule has 1 aromatic carbocycles. The average Bonchev–Trinajstić information content (AvgIpc) is 2.66. The Morgan fingerprint density at radius 2 is 1.94 bits per heavy atom. The first-order chi connectivity index (χ1) is 7.58. The van der Waals surface area contributed by atoms with Crippen LogP contribution in [0.1, 0.15) is 9.67 Å². The van der Waals surface area contributed by atoms with Crippen LogP contribution in [0.2, 0.25) is 0 Å². The van der Waals surface area contributed by atoms with Gasteiger partial charge >= 0.3 is 5.97 Å². The summed E-state index contributed by atoms with van der Waals surface area (Å²) in [5.74, 6) is -0.885. The van der Waals surface area contributed by atoms with Crippen molar-refractivity contribution >= 4 is 49.2 Å². The van der Waals surface area contributed by atoms with E-state index in [1.807, 2.05) is 24.3 Å². The first-order valence-electron chi connectivity index (χ1n) is 4.36. The summed E-state index contributed by atoms with van der Waals surface area (Å²) >= 11 is 8.11. The van der Waals surface area contributed by atoms with Crippen LogP contribution in [0.3, 0.4) is 0 Å². The molecular formula is C11H6Br2O2S. The second kappa shape index (κ2) is 4.69. The number of halogens is 2. The molecule has 1 heterocycles. The van der Waals surface area contributed by atoms with Gasteiger partial charge in [0, 0.05) is 19.4 Å². The van der Waals surface area contributed by atoms with Crippen molar-refractivity contribution in [1.82, 2.24) is 0 Å². The number of hydrogen-bond acceptors (Lipinski definition) is 2. The van der Waals surface area contributed by atoms with Gasteiger partial charge in [0.2, 0.25) is 0 Å². The van der Waals surface area contributed by atoms with Crippen molar-refractivity contribution < 1.29 is 9.90 Å². The predicted octanol–water partition coefficient (Wildman–Crippen LogP) is 4.64. The fraction of sp³-hybridized carbons (Fsp3) is 0. The first-order valence-corrected chi connectivity index (χ1v) is 6.77. The molecule has 0 fully saturated rings. The van der Waals surface area contributed by atoms with Crippen LogP contribution in [0.25, 0.3) is 10.4 Å². The van der Waals surface area contributed by atoms with Gasteiger partial charge in [0.15, 0.2) is 0 Å². The van der Waals surface area contributed by atoms with Crippen molar-refractivity contribution in [2.75, 3.05) is 0 Å². The highest BCUT2D eigenvalue weighted by Crippen LogP contribution is 2.35. The van der Waals surface area contributed by atoms with Gasteiger partial charge in [0.05, 0.1) is 0 Å². The Morgan fingerprint density at radius 1 is 1.19 bits per heavy atom. The molecular weight excluding hydrogens is 356 g/mol. The van der Waals surface area contributed by atoms with Gasteiger partial charge in [-0.2, -0.15) is 0 Å². The lowest BCUT2D eigenvalue weighted by atomic mass is 10.2. The maximum absolute atomic E-state index is 10.8. The molecule has 0 aliphatic heterocycles. The Kier molecular flexibility index (Phi) is 3.47. The van der Waals surface area contributed by atoms with E-state index in [1.165, 1.54) is 11.3 Å². The number of carboxylic acid groups (broad SMARTS) is 1. The Balaban J connectivity index is 2.46. The van der Waals surface area contributed by atoms with E-state index in [0.717, 1.165) is 19.4 Å². The first kappa shape index (κ1) is 11.8. The highest BCUT2D eigenvalue weighted by atomic mass is 79.9. The van der Waals surface area contributed by atoms with E-state index < -0.39 is 5.97 Å². The molecule has 1 aromatic heterocycles. The standard InChI is InChI=1S/C11H6Br2O2S/c12-6-1-2-7(8(13)5-6)9-3-4-10(16-9)11(14)15/h1-5H,(H,14,15). The van der Waals surface area contributed by atoms with Crippen LogP contribution < -0.4 is 0 Å². The summed E-state index contributed by atoms with van der Waals surface area (Å²) in [6.45, 7) is 0. The van der Waals surface area contributed by atoms with Gasteiger partial charge in [-0.25, -0.2) is 4.79 Å². The topological polar surface area (TPSA) is 37.3 Å². The third kappa shape index (κ3) is 2.36. The molecule has 5 heteroatoms. The van der Waals surface area contributed by atoms with Gasteiger partial charge in [-0.3, -0.25) is 0 Å². The number of aromatic carboxylic acids is 1. The van der Waals surface area contributed by atoms with Crippen molar-refractivity contribution in [1.29, 1.82) is 0 Å². The van der Waals surface area contributed by atoms with Crippen LogP contribution in [0.4, 0.5) is 0 Å². The van der Waals surface area contributed by atoms with Crippen LogP contribution in [0.5, 0.6) is 0 Å². The summed E-state index contributed by atoms with van der Waals surface area (Å²) in [4.78, 5) is 12.1. The number of hydrogen-bond donors (Lipinski definition) is 1. The SMILES string of the molecule is O=C(O)c1ccc(-c2ccc(Br)cc2Br)s1. The van der Waals surface area contributed by atoms with Gasteiger partial charge in [-0.1, -0.05) is 37.9 Å². The van der Waals surface area contributed by atoms with E-state index in [2.05, 4.69) is 31.9 Å². The molecule has 16 heavy (non-hydrogen) atoms. The lowest BCUT2D eigenvalue weighted by molar-refractivity contribution is 0.0702. The average molecular weight is 362 g/mol. The molecule has 0 amide bonds. The lowest BCUT2D eigenvalue weighted by Gasteiger charge is -2.01. The molecule has 0 saturated heterocycles. The highest BCUT2D eigenvalue weighted by molar-refractivity contribution is 9.11. The van der Waals surface area contributed by atoms with E-state index in [9.17, 15) is 4.79 Å². The molecule has 2 rings (SSSR count). The summed E-state index contributed by atoms with van der Waals surface area (Å²) in [6, 6.07) is 9.26. The zero-order valence-corrected chi connectivity index (χ0v) is 11.9. The van der Waals surface area contributed by atoms with Crippen molar-refractivity contribution in [3.8, 4) is 10.4 Å². The van der Waals surface area contributed by atoms with Gasteiger partial charge < -0.3 is 5.11 Å². The fourth-order valence-electron chi connectivity index (χ4n) is 1.29. The molecule has 2 aromatic rings. The zero-order valence-electron chi connectivity index (χ0n) is 7.91. The highest BCUT2D eigenvalue weighted by Gasteiger charge is 2.10. The largest absolute Gasteiger partial charge is 0.477 e. The zero-order chi connectivity index (χ0) is 11.7. The maximum Gasteiger partial charge on any atom is 0.345 e. The van der Waals surface area contributed by atoms with E-state index in [0.29, 0.717) is 4.88 Å². The number of benzene rings is 1. The molecule has 0 saturated carbocycles. The molecule has 1 N–H and O–H groups in total. The third-order valence-electron chi connectivity index (χ3n) is 2.01. The minimum Gasteiger partial charge on any atom is -0.477 e. The molecule has 82 valence electrons. The molecule has 0 atom stereocenters. The van der Waals surface area contributed by atoms with Crippen molar-refractivity contribution in [2.24, 2.45) is 0 Å². The second-order valence-corrected chi connectivity index (χ2v) is 5.95. The number of rotatable bonds is 2. The van der Waals surface area contributed by atoms with Crippen LogP contribution in [-0.2, 0) is 0 Å². The minimum atomic E-state index is -0.885. The van der Waals surface area contributed by atoms with Crippen LogP contribution in [-0.4, -0.2) is 11.1 Å². The quantitative estimate of drug-likeness (QED) is 0.846. The van der Waals surface area contributed by atoms with Gasteiger partial charge in [-0.05, 0) is 24.3 Å². The normalized spacial score (nSPS) is 10.4. The summed E-state index contributed by atoms with van der Waals surface area (Å²) in [7, 11) is 0.